The minimum atomic E-state index is 0.288. The summed E-state index contributed by atoms with van der Waals surface area (Å²) in [4.78, 5) is 4.49. The second-order valence-corrected chi connectivity index (χ2v) is 6.13. The van der Waals surface area contributed by atoms with Crippen molar-refractivity contribution in [2.24, 2.45) is 0 Å². The molecule has 0 aliphatic rings. The maximum Gasteiger partial charge on any atom is 0.293 e. The summed E-state index contributed by atoms with van der Waals surface area (Å²) in [6.45, 7) is 4.10. The van der Waals surface area contributed by atoms with Crippen LogP contribution in [0, 0.1) is 6.92 Å². The molecular formula is C19H19N3O2. The Labute approximate surface area is 139 Å². The topological polar surface area (TPSA) is 64.1 Å². The van der Waals surface area contributed by atoms with Crippen molar-refractivity contribution < 1.29 is 8.94 Å². The van der Waals surface area contributed by atoms with E-state index in [2.05, 4.69) is 46.6 Å². The Hall–Kier alpha value is -2.66. The van der Waals surface area contributed by atoms with Crippen LogP contribution >= 0.6 is 0 Å². The number of nitrogens with one attached hydrogen (secondary N) is 1. The second-order valence-electron chi connectivity index (χ2n) is 6.13. The van der Waals surface area contributed by atoms with Crippen LogP contribution in [-0.4, -0.2) is 23.2 Å². The first-order valence-electron chi connectivity index (χ1n) is 8.08. The number of aromatic nitrogens is 2. The highest BCUT2D eigenvalue weighted by Crippen LogP contribution is 2.36. The van der Waals surface area contributed by atoms with Crippen molar-refractivity contribution >= 4 is 21.7 Å². The van der Waals surface area contributed by atoms with Gasteiger partial charge in [0.15, 0.2) is 11.6 Å². The summed E-state index contributed by atoms with van der Waals surface area (Å²) in [5, 5.41) is 10.6. The van der Waals surface area contributed by atoms with Crippen LogP contribution in [0.3, 0.4) is 0 Å². The zero-order valence-electron chi connectivity index (χ0n) is 14.0. The lowest BCUT2D eigenvalue weighted by atomic mass is 10.1. The van der Waals surface area contributed by atoms with Crippen LogP contribution in [0.4, 0.5) is 0 Å². The van der Waals surface area contributed by atoms with Crippen LogP contribution in [-0.2, 0) is 6.42 Å². The fourth-order valence-corrected chi connectivity index (χ4v) is 2.96. The van der Waals surface area contributed by atoms with Crippen LogP contribution < -0.4 is 5.32 Å². The number of furan rings is 1. The Morgan fingerprint density at radius 3 is 2.79 bits per heavy atom. The summed E-state index contributed by atoms with van der Waals surface area (Å²) in [7, 11) is 1.92. The van der Waals surface area contributed by atoms with Crippen molar-refractivity contribution in [1.29, 1.82) is 0 Å². The highest BCUT2D eigenvalue weighted by molar-refractivity contribution is 6.06. The van der Waals surface area contributed by atoms with E-state index < -0.39 is 0 Å². The van der Waals surface area contributed by atoms with Gasteiger partial charge in [0.25, 0.3) is 5.89 Å². The van der Waals surface area contributed by atoms with Crippen molar-refractivity contribution in [2.45, 2.75) is 26.3 Å². The van der Waals surface area contributed by atoms with Crippen molar-refractivity contribution in [1.82, 2.24) is 15.5 Å². The van der Waals surface area contributed by atoms with Gasteiger partial charge in [-0.25, -0.2) is 0 Å². The van der Waals surface area contributed by atoms with E-state index in [1.165, 1.54) is 0 Å². The summed E-state index contributed by atoms with van der Waals surface area (Å²) >= 11 is 0. The lowest BCUT2D eigenvalue weighted by Crippen LogP contribution is -2.24. The van der Waals surface area contributed by atoms with Crippen molar-refractivity contribution in [3.05, 3.63) is 47.8 Å². The van der Waals surface area contributed by atoms with Gasteiger partial charge in [-0.05, 0) is 26.3 Å². The number of nitrogens with zero attached hydrogens (tertiary/aromatic N) is 2. The summed E-state index contributed by atoms with van der Waals surface area (Å²) in [6, 6.07) is 12.7. The first-order valence-corrected chi connectivity index (χ1v) is 8.08. The lowest BCUT2D eigenvalue weighted by Gasteiger charge is -2.04. The van der Waals surface area contributed by atoms with E-state index in [-0.39, 0.29) is 6.04 Å². The normalized spacial score (nSPS) is 13.0. The Kier molecular flexibility index (Phi) is 3.58. The molecule has 0 amide bonds. The smallest absolute Gasteiger partial charge is 0.293 e. The van der Waals surface area contributed by atoms with Gasteiger partial charge in [-0.3, -0.25) is 0 Å². The van der Waals surface area contributed by atoms with Crippen LogP contribution in [0.5, 0.6) is 0 Å². The van der Waals surface area contributed by atoms with E-state index in [4.69, 9.17) is 8.94 Å². The molecule has 24 heavy (non-hydrogen) atoms. The molecule has 1 unspecified atom stereocenters. The minimum absolute atomic E-state index is 0.288. The van der Waals surface area contributed by atoms with Gasteiger partial charge in [-0.15, -0.1) is 0 Å². The second kappa shape index (κ2) is 5.76. The number of fused-ring (bicyclic) bond motifs is 3. The largest absolute Gasteiger partial charge is 0.450 e. The molecule has 0 fully saturated rings. The average molecular weight is 321 g/mol. The molecule has 1 N–H and O–H groups in total. The number of hydrogen-bond donors (Lipinski definition) is 1. The molecule has 5 nitrogen and oxygen atoms in total. The van der Waals surface area contributed by atoms with E-state index in [1.54, 1.807) is 0 Å². The Morgan fingerprint density at radius 2 is 1.96 bits per heavy atom. The molecule has 0 spiro atoms. The third kappa shape index (κ3) is 2.37. The van der Waals surface area contributed by atoms with Gasteiger partial charge >= 0.3 is 0 Å². The molecule has 0 saturated carbocycles. The third-order valence-electron chi connectivity index (χ3n) is 4.47. The maximum atomic E-state index is 6.13. The number of benzene rings is 2. The molecule has 122 valence electrons. The minimum Gasteiger partial charge on any atom is -0.450 e. The summed E-state index contributed by atoms with van der Waals surface area (Å²) < 4.78 is 11.6. The van der Waals surface area contributed by atoms with E-state index >= 15 is 0 Å². The molecule has 2 aromatic carbocycles. The Balaban J connectivity index is 1.82. The van der Waals surface area contributed by atoms with Gasteiger partial charge in [-0.1, -0.05) is 41.6 Å². The van der Waals surface area contributed by atoms with Crippen molar-refractivity contribution in [3.8, 4) is 11.7 Å². The van der Waals surface area contributed by atoms with E-state index in [1.807, 2.05) is 26.1 Å². The van der Waals surface area contributed by atoms with Gasteiger partial charge < -0.3 is 14.3 Å². The quantitative estimate of drug-likeness (QED) is 0.613. The first-order chi connectivity index (χ1) is 11.7. The third-order valence-corrected chi connectivity index (χ3v) is 4.47. The first kappa shape index (κ1) is 14.9. The van der Waals surface area contributed by atoms with Crippen LogP contribution in [0.2, 0.25) is 0 Å². The van der Waals surface area contributed by atoms with E-state index in [9.17, 15) is 0 Å². The van der Waals surface area contributed by atoms with E-state index in [0.717, 1.165) is 27.3 Å². The number of rotatable bonds is 4. The van der Waals surface area contributed by atoms with Gasteiger partial charge in [0.2, 0.25) is 0 Å². The molecule has 1 atom stereocenters. The maximum absolute atomic E-state index is 6.13. The van der Waals surface area contributed by atoms with Crippen molar-refractivity contribution in [2.75, 3.05) is 7.05 Å². The summed E-state index contributed by atoms with van der Waals surface area (Å²) in [5.74, 6) is 1.76. The zero-order chi connectivity index (χ0) is 16.7. The van der Waals surface area contributed by atoms with Gasteiger partial charge in [0.05, 0.1) is 0 Å². The van der Waals surface area contributed by atoms with Gasteiger partial charge in [0, 0.05) is 28.8 Å². The highest BCUT2D eigenvalue weighted by atomic mass is 16.5. The highest BCUT2D eigenvalue weighted by Gasteiger charge is 2.20. The molecule has 0 bridgehead atoms. The Morgan fingerprint density at radius 1 is 1.12 bits per heavy atom. The molecule has 2 aromatic heterocycles. The molecule has 5 heteroatoms. The molecular weight excluding hydrogens is 302 g/mol. The molecule has 0 aliphatic carbocycles. The molecule has 0 radical (unpaired) electrons. The van der Waals surface area contributed by atoms with Crippen LogP contribution in [0.25, 0.3) is 33.4 Å². The summed E-state index contributed by atoms with van der Waals surface area (Å²) in [5.41, 5.74) is 1.89. The van der Waals surface area contributed by atoms with Crippen molar-refractivity contribution in [3.63, 3.8) is 0 Å². The summed E-state index contributed by atoms with van der Waals surface area (Å²) in [6.07, 6.45) is 0.711. The molecule has 2 heterocycles. The lowest BCUT2D eigenvalue weighted by molar-refractivity contribution is 0.408. The van der Waals surface area contributed by atoms with E-state index in [0.29, 0.717) is 23.9 Å². The monoisotopic (exact) mass is 321 g/mol. The number of likely N-dealkylation sites (N-methyl/N-ethyl adjacent to an activating group) is 1. The predicted octanol–water partition coefficient (Wildman–Crippen LogP) is 4.09. The molecule has 4 aromatic rings. The van der Waals surface area contributed by atoms with Gasteiger partial charge in [0.1, 0.15) is 5.58 Å². The predicted molar refractivity (Wildman–Crippen MR) is 94.0 cm³/mol. The van der Waals surface area contributed by atoms with Crippen LogP contribution in [0.1, 0.15) is 18.3 Å². The SMILES string of the molecule is CNC(C)Cc1noc(-c2oc3c(ccc4ccccc43)c2C)n1. The number of aryl methyl sites for hydroxylation is 1. The fourth-order valence-electron chi connectivity index (χ4n) is 2.96. The number of hydrogen-bond acceptors (Lipinski definition) is 5. The zero-order valence-corrected chi connectivity index (χ0v) is 14.0. The van der Waals surface area contributed by atoms with Crippen LogP contribution in [0.15, 0.2) is 45.3 Å². The Bertz CT molecular complexity index is 1020. The standard InChI is InChI=1S/C19H19N3O2/c1-11(20-3)10-16-21-19(24-22-16)17-12(2)14-9-8-13-6-4-5-7-15(13)18(14)23-17/h4-9,11,20H,10H2,1-3H3. The molecule has 0 aliphatic heterocycles. The fraction of sp³-hybridized carbons (Fsp3) is 0.263. The molecule has 4 rings (SSSR count). The average Bonchev–Trinajstić information content (AvgIpc) is 3.19. The molecule has 0 saturated heterocycles. The van der Waals surface area contributed by atoms with Gasteiger partial charge in [-0.2, -0.15) is 4.98 Å².